The van der Waals surface area contributed by atoms with Crippen LogP contribution in [0.4, 0.5) is 0 Å². The molecule has 1 N–H and O–H groups in total. The van der Waals surface area contributed by atoms with E-state index in [0.717, 1.165) is 43.6 Å². The van der Waals surface area contributed by atoms with Gasteiger partial charge in [0.15, 0.2) is 0 Å². The van der Waals surface area contributed by atoms with Crippen LogP contribution >= 0.6 is 0 Å². The molecule has 0 spiro atoms. The highest BCUT2D eigenvalue weighted by atomic mass is 16.1. The SMILES string of the molecule is CCCCCCCCCCC/C=C/C1=NCC[N+]1(CC)CCNC(C)=O. The molecule has 0 aromatic carbocycles. The molecule has 1 atom stereocenters. The molecule has 0 saturated heterocycles. The van der Waals surface area contributed by atoms with Crippen LogP contribution in [0.15, 0.2) is 17.1 Å². The Bertz CT molecular complexity index is 445. The topological polar surface area (TPSA) is 41.5 Å². The van der Waals surface area contributed by atoms with Gasteiger partial charge in [0.25, 0.3) is 0 Å². The Morgan fingerprint density at radius 1 is 1.08 bits per heavy atom. The van der Waals surface area contributed by atoms with E-state index in [1.165, 1.54) is 63.6 Å². The third kappa shape index (κ3) is 8.98. The highest BCUT2D eigenvalue weighted by molar-refractivity contribution is 5.88. The van der Waals surface area contributed by atoms with Gasteiger partial charge in [0, 0.05) is 13.0 Å². The minimum atomic E-state index is 0.0536. The van der Waals surface area contributed by atoms with Crippen molar-refractivity contribution in [2.45, 2.75) is 85.0 Å². The average Bonchev–Trinajstić information content (AvgIpc) is 3.02. The molecule has 1 heterocycles. The van der Waals surface area contributed by atoms with Crippen LogP contribution in [0, 0.1) is 0 Å². The van der Waals surface area contributed by atoms with Crippen LogP contribution in [0.5, 0.6) is 0 Å². The summed E-state index contributed by atoms with van der Waals surface area (Å²) in [6.07, 6.45) is 18.1. The summed E-state index contributed by atoms with van der Waals surface area (Å²) in [5.74, 6) is 1.26. The molecule has 150 valence electrons. The van der Waals surface area contributed by atoms with Gasteiger partial charge < -0.3 is 5.32 Å². The maximum absolute atomic E-state index is 11.1. The lowest BCUT2D eigenvalue weighted by atomic mass is 10.1. The van der Waals surface area contributed by atoms with E-state index in [0.29, 0.717) is 0 Å². The first-order valence-corrected chi connectivity index (χ1v) is 11.0. The zero-order valence-electron chi connectivity index (χ0n) is 17.6. The van der Waals surface area contributed by atoms with Gasteiger partial charge in [-0.3, -0.25) is 9.28 Å². The largest absolute Gasteiger partial charge is 0.351 e. The van der Waals surface area contributed by atoms with Gasteiger partial charge in [-0.25, -0.2) is 4.99 Å². The van der Waals surface area contributed by atoms with E-state index in [1.807, 2.05) is 0 Å². The van der Waals surface area contributed by atoms with Gasteiger partial charge in [-0.15, -0.1) is 0 Å². The fraction of sp³-hybridized carbons (Fsp3) is 0.818. The van der Waals surface area contributed by atoms with E-state index < -0.39 is 0 Å². The fourth-order valence-corrected chi connectivity index (χ4v) is 3.74. The van der Waals surface area contributed by atoms with Gasteiger partial charge in [-0.1, -0.05) is 64.4 Å². The minimum Gasteiger partial charge on any atom is -0.351 e. The molecule has 1 amide bonds. The number of amidine groups is 1. The van der Waals surface area contributed by atoms with Crippen LogP contribution in [0.1, 0.15) is 85.0 Å². The van der Waals surface area contributed by atoms with Crippen molar-refractivity contribution in [1.29, 1.82) is 0 Å². The van der Waals surface area contributed by atoms with Crippen LogP contribution in [-0.2, 0) is 4.79 Å². The Morgan fingerprint density at radius 3 is 2.35 bits per heavy atom. The lowest BCUT2D eigenvalue weighted by Gasteiger charge is -2.32. The number of carbonyl (C=O) groups excluding carboxylic acids is 1. The van der Waals surface area contributed by atoms with E-state index in [9.17, 15) is 4.79 Å². The van der Waals surface area contributed by atoms with E-state index in [2.05, 4.69) is 31.3 Å². The first kappa shape index (κ1) is 22.9. The smallest absolute Gasteiger partial charge is 0.222 e. The Labute approximate surface area is 161 Å². The number of rotatable bonds is 15. The van der Waals surface area contributed by atoms with Gasteiger partial charge in [0.1, 0.15) is 13.1 Å². The highest BCUT2D eigenvalue weighted by Crippen LogP contribution is 2.16. The van der Waals surface area contributed by atoms with Crippen LogP contribution in [-0.4, -0.2) is 48.9 Å². The van der Waals surface area contributed by atoms with Gasteiger partial charge in [-0.05, 0) is 19.8 Å². The number of quaternary nitrogens is 1. The van der Waals surface area contributed by atoms with Crippen molar-refractivity contribution < 1.29 is 9.28 Å². The second-order valence-electron chi connectivity index (χ2n) is 7.65. The predicted molar refractivity (Wildman–Crippen MR) is 113 cm³/mol. The molecule has 1 aliphatic rings. The van der Waals surface area contributed by atoms with Crippen LogP contribution < -0.4 is 5.32 Å². The molecule has 1 aliphatic heterocycles. The van der Waals surface area contributed by atoms with E-state index in [-0.39, 0.29) is 5.91 Å². The maximum Gasteiger partial charge on any atom is 0.222 e. The number of carbonyl (C=O) groups is 1. The van der Waals surface area contributed by atoms with Gasteiger partial charge >= 0.3 is 0 Å². The summed E-state index contributed by atoms with van der Waals surface area (Å²) in [5, 5.41) is 2.93. The van der Waals surface area contributed by atoms with Crippen LogP contribution in [0.25, 0.3) is 0 Å². The van der Waals surface area contributed by atoms with E-state index in [4.69, 9.17) is 4.99 Å². The molecule has 1 unspecified atom stereocenters. The normalized spacial score (nSPS) is 19.9. The fourth-order valence-electron chi connectivity index (χ4n) is 3.74. The second-order valence-corrected chi connectivity index (χ2v) is 7.65. The summed E-state index contributed by atoms with van der Waals surface area (Å²) in [7, 11) is 0. The zero-order valence-corrected chi connectivity index (χ0v) is 17.6. The minimum absolute atomic E-state index is 0.0536. The zero-order chi connectivity index (χ0) is 19.1. The number of allylic oxidation sites excluding steroid dienone is 1. The highest BCUT2D eigenvalue weighted by Gasteiger charge is 2.34. The number of unbranched alkanes of at least 4 members (excludes halogenated alkanes) is 9. The monoisotopic (exact) mass is 364 g/mol. The van der Waals surface area contributed by atoms with Gasteiger partial charge in [0.2, 0.25) is 11.7 Å². The van der Waals surface area contributed by atoms with Crippen molar-refractivity contribution in [3.63, 3.8) is 0 Å². The first-order valence-electron chi connectivity index (χ1n) is 11.0. The number of aliphatic imine (C=N–C) groups is 1. The molecule has 4 nitrogen and oxygen atoms in total. The van der Waals surface area contributed by atoms with E-state index >= 15 is 0 Å². The number of amides is 1. The van der Waals surface area contributed by atoms with Gasteiger partial charge in [-0.2, -0.15) is 0 Å². The summed E-state index contributed by atoms with van der Waals surface area (Å²) in [6.45, 7) is 10.8. The molecule has 0 aromatic heterocycles. The van der Waals surface area contributed by atoms with Crippen molar-refractivity contribution in [1.82, 2.24) is 5.32 Å². The predicted octanol–water partition coefficient (Wildman–Crippen LogP) is 4.85. The van der Waals surface area contributed by atoms with Gasteiger partial charge in [0.05, 0.1) is 19.6 Å². The molecular weight excluding hydrogens is 322 g/mol. The van der Waals surface area contributed by atoms with Crippen molar-refractivity contribution in [3.8, 4) is 0 Å². The number of hydrogen-bond acceptors (Lipinski definition) is 2. The Hall–Kier alpha value is -1.16. The Morgan fingerprint density at radius 2 is 1.73 bits per heavy atom. The first-order chi connectivity index (χ1) is 12.6. The molecule has 1 rings (SSSR count). The van der Waals surface area contributed by atoms with Crippen molar-refractivity contribution >= 4 is 11.7 Å². The number of likely N-dealkylation sites (N-methyl/N-ethyl adjacent to an activating group) is 1. The van der Waals surface area contributed by atoms with Crippen LogP contribution in [0.3, 0.4) is 0 Å². The molecule has 0 fully saturated rings. The molecule has 0 bridgehead atoms. The Balaban J connectivity index is 2.19. The molecule has 26 heavy (non-hydrogen) atoms. The van der Waals surface area contributed by atoms with Crippen molar-refractivity contribution in [2.75, 3.05) is 32.7 Å². The second kappa shape index (κ2) is 14.0. The quantitative estimate of drug-likeness (QED) is 0.327. The standard InChI is InChI=1S/C22H41N3O/c1-4-6-7-8-9-10-11-12-13-14-15-16-22-24-18-20-25(22,5-2)19-17-23-21(3)26/h15-16H,4-14,17-20H2,1-3H3/p+1/b16-15+. The molecule has 0 aliphatic carbocycles. The summed E-state index contributed by atoms with van der Waals surface area (Å²) >= 11 is 0. The van der Waals surface area contributed by atoms with Crippen molar-refractivity contribution in [3.05, 3.63) is 12.2 Å². The molecule has 0 saturated carbocycles. The Kier molecular flexibility index (Phi) is 12.3. The molecule has 4 heteroatoms. The maximum atomic E-state index is 11.1. The molecule has 0 aromatic rings. The summed E-state index contributed by atoms with van der Waals surface area (Å²) in [6, 6.07) is 0. The summed E-state index contributed by atoms with van der Waals surface area (Å²) < 4.78 is 0.911. The van der Waals surface area contributed by atoms with Crippen molar-refractivity contribution in [2.24, 2.45) is 4.99 Å². The lowest BCUT2D eigenvalue weighted by Crippen LogP contribution is -2.53. The summed E-state index contributed by atoms with van der Waals surface area (Å²) in [4.78, 5) is 15.8. The molecule has 0 radical (unpaired) electrons. The summed E-state index contributed by atoms with van der Waals surface area (Å²) in [5.41, 5.74) is 0. The molecular formula is C22H42N3O+. The number of hydrogen-bond donors (Lipinski definition) is 1. The lowest BCUT2D eigenvalue weighted by molar-refractivity contribution is -0.830. The number of nitrogens with one attached hydrogen (secondary N) is 1. The van der Waals surface area contributed by atoms with Crippen LogP contribution in [0.2, 0.25) is 0 Å². The average molecular weight is 365 g/mol. The van der Waals surface area contributed by atoms with E-state index in [1.54, 1.807) is 6.92 Å². The third-order valence-electron chi connectivity index (χ3n) is 5.55. The third-order valence-corrected chi connectivity index (χ3v) is 5.55. The number of nitrogens with zero attached hydrogens (tertiary/aromatic N) is 2.